The molecule has 2 amide bonds. The number of benzene rings is 2. The zero-order valence-electron chi connectivity index (χ0n) is 21.9. The Morgan fingerprint density at radius 1 is 0.900 bits per heavy atom. The third kappa shape index (κ3) is 5.01. The number of aliphatic imine (C=N–C) groups is 1. The third-order valence-electron chi connectivity index (χ3n) is 7.83. The van der Waals surface area contributed by atoms with Gasteiger partial charge in [0.05, 0.1) is 11.7 Å². The van der Waals surface area contributed by atoms with Crippen LogP contribution in [0.1, 0.15) is 49.1 Å². The third-order valence-corrected chi connectivity index (χ3v) is 7.83. The number of fused-ring (bicyclic) bond motifs is 1. The van der Waals surface area contributed by atoms with Gasteiger partial charge in [0.1, 0.15) is 11.1 Å². The second kappa shape index (κ2) is 9.69. The molecule has 10 heteroatoms. The zero-order chi connectivity index (χ0) is 28.0. The Morgan fingerprint density at radius 3 is 2.25 bits per heavy atom. The van der Waals surface area contributed by atoms with Crippen molar-refractivity contribution in [2.75, 3.05) is 7.05 Å². The number of hydrogen-bond donors (Lipinski definition) is 2. The van der Waals surface area contributed by atoms with Gasteiger partial charge in [-0.1, -0.05) is 41.6 Å². The minimum Gasteiger partial charge on any atom is -0.451 e. The van der Waals surface area contributed by atoms with Crippen LogP contribution in [0.3, 0.4) is 0 Å². The van der Waals surface area contributed by atoms with E-state index < -0.39 is 41.7 Å². The van der Waals surface area contributed by atoms with E-state index in [4.69, 9.17) is 8.94 Å². The molecule has 0 atom stereocenters. The fourth-order valence-corrected chi connectivity index (χ4v) is 5.26. The topological polar surface area (TPSA) is 110 Å². The molecule has 0 unspecified atom stereocenters. The van der Waals surface area contributed by atoms with E-state index in [1.165, 1.54) is 0 Å². The number of amides is 2. The molecule has 2 aliphatic rings. The number of carbonyl (C=O) groups excluding carboxylic acids is 2. The van der Waals surface area contributed by atoms with Gasteiger partial charge in [0.2, 0.25) is 11.8 Å². The average Bonchev–Trinajstić information content (AvgIpc) is 3.32. The normalized spacial score (nSPS) is 19.0. The summed E-state index contributed by atoms with van der Waals surface area (Å²) in [6, 6.07) is 16.7. The van der Waals surface area contributed by atoms with Crippen LogP contribution in [0.25, 0.3) is 33.4 Å². The monoisotopic (exact) mass is 546 g/mol. The van der Waals surface area contributed by atoms with Gasteiger partial charge in [-0.3, -0.25) is 14.6 Å². The first kappa shape index (κ1) is 25.9. The maximum Gasteiger partial charge on any atom is 0.287 e. The van der Waals surface area contributed by atoms with E-state index in [9.17, 15) is 18.4 Å². The Balaban J connectivity index is 1.23. The molecule has 2 heterocycles. The Morgan fingerprint density at radius 2 is 1.60 bits per heavy atom. The maximum absolute atomic E-state index is 14.1. The van der Waals surface area contributed by atoms with Crippen molar-refractivity contribution in [3.05, 3.63) is 66.6 Å². The van der Waals surface area contributed by atoms with Crippen LogP contribution >= 0.6 is 0 Å². The van der Waals surface area contributed by atoms with Gasteiger partial charge in [0, 0.05) is 43.1 Å². The van der Waals surface area contributed by atoms with E-state index in [1.807, 2.05) is 42.5 Å². The molecule has 0 aliphatic heterocycles. The fraction of sp³-hybridized carbons (Fsp3) is 0.333. The highest BCUT2D eigenvalue weighted by atomic mass is 19.3. The lowest BCUT2D eigenvalue weighted by Gasteiger charge is -2.39. The van der Waals surface area contributed by atoms with Crippen molar-refractivity contribution in [2.45, 2.75) is 55.5 Å². The SMILES string of the molecule is C/N=C\C1(NC(=O)C2(NC(=O)c3cc4ccc(-c5ccc(-c6ccno6)cc5)cc4o3)CCC(F)(F)CC2)CC1. The van der Waals surface area contributed by atoms with E-state index in [1.54, 1.807) is 31.6 Å². The van der Waals surface area contributed by atoms with Crippen molar-refractivity contribution in [1.82, 2.24) is 15.8 Å². The van der Waals surface area contributed by atoms with Crippen molar-refractivity contribution in [1.29, 1.82) is 0 Å². The minimum atomic E-state index is -2.88. The summed E-state index contributed by atoms with van der Waals surface area (Å²) in [7, 11) is 1.62. The molecule has 2 fully saturated rings. The van der Waals surface area contributed by atoms with Crippen LogP contribution in [0.5, 0.6) is 0 Å². The predicted octanol–water partition coefficient (Wildman–Crippen LogP) is 5.78. The Hall–Kier alpha value is -4.34. The quantitative estimate of drug-likeness (QED) is 0.286. The Bertz CT molecular complexity index is 1580. The molecule has 4 aromatic rings. The number of halogens is 2. The molecule has 2 N–H and O–H groups in total. The summed E-state index contributed by atoms with van der Waals surface area (Å²) in [5.74, 6) is -3.29. The molecule has 40 heavy (non-hydrogen) atoms. The standard InChI is InChI=1S/C30H28F2N4O4/c1-33-18-28(9-10-28)36-27(38)29(11-13-30(31,32)14-12-29)35-26(37)25-17-22-7-6-21(16-24(22)39-25)19-2-4-20(5-3-19)23-8-15-34-40-23/h2-8,15-18H,9-14H2,1H3,(H,35,37)(H,36,38)/b33-18-. The lowest BCUT2D eigenvalue weighted by atomic mass is 9.78. The van der Waals surface area contributed by atoms with E-state index >= 15 is 0 Å². The van der Waals surface area contributed by atoms with Crippen LogP contribution in [0, 0.1) is 0 Å². The molecule has 0 bridgehead atoms. The van der Waals surface area contributed by atoms with Gasteiger partial charge in [-0.15, -0.1) is 0 Å². The molecule has 2 aromatic heterocycles. The first-order valence-electron chi connectivity index (χ1n) is 13.2. The van der Waals surface area contributed by atoms with Crippen LogP contribution in [0.4, 0.5) is 8.78 Å². The molecular weight excluding hydrogens is 518 g/mol. The number of rotatable bonds is 7. The minimum absolute atomic E-state index is 0.00795. The molecule has 2 saturated carbocycles. The average molecular weight is 547 g/mol. The second-order valence-electron chi connectivity index (χ2n) is 10.7. The number of aromatic nitrogens is 1. The summed E-state index contributed by atoms with van der Waals surface area (Å²) in [5, 5.41) is 10.1. The summed E-state index contributed by atoms with van der Waals surface area (Å²) < 4.78 is 39.2. The van der Waals surface area contributed by atoms with Crippen molar-refractivity contribution in [3.8, 4) is 22.5 Å². The number of alkyl halides is 2. The molecular formula is C30H28F2N4O4. The van der Waals surface area contributed by atoms with Crippen molar-refractivity contribution >= 4 is 29.0 Å². The number of furan rings is 1. The van der Waals surface area contributed by atoms with Crippen molar-refractivity contribution in [2.24, 2.45) is 4.99 Å². The summed E-state index contributed by atoms with van der Waals surface area (Å²) in [6.07, 6.45) is 3.34. The smallest absolute Gasteiger partial charge is 0.287 e. The Kier molecular flexibility index (Phi) is 6.28. The molecule has 8 nitrogen and oxygen atoms in total. The summed E-state index contributed by atoms with van der Waals surface area (Å²) in [5.41, 5.74) is 1.17. The highest BCUT2D eigenvalue weighted by Gasteiger charge is 2.52. The Labute approximate surface area is 228 Å². The van der Waals surface area contributed by atoms with E-state index in [-0.39, 0.29) is 18.6 Å². The predicted molar refractivity (Wildman–Crippen MR) is 145 cm³/mol. The van der Waals surface area contributed by atoms with Crippen molar-refractivity contribution < 1.29 is 27.3 Å². The van der Waals surface area contributed by atoms with Gasteiger partial charge < -0.3 is 19.6 Å². The lowest BCUT2D eigenvalue weighted by molar-refractivity contribution is -0.133. The molecule has 0 spiro atoms. The van der Waals surface area contributed by atoms with Crippen LogP contribution in [-0.2, 0) is 4.79 Å². The first-order valence-corrected chi connectivity index (χ1v) is 13.2. The molecule has 0 saturated heterocycles. The van der Waals surface area contributed by atoms with Gasteiger partial charge in [-0.05, 0) is 48.9 Å². The van der Waals surface area contributed by atoms with Gasteiger partial charge >= 0.3 is 0 Å². The van der Waals surface area contributed by atoms with Crippen LogP contribution in [0.2, 0.25) is 0 Å². The van der Waals surface area contributed by atoms with Gasteiger partial charge in [0.25, 0.3) is 5.91 Å². The number of nitrogens with zero attached hydrogens (tertiary/aromatic N) is 2. The molecule has 6 rings (SSSR count). The van der Waals surface area contributed by atoms with Crippen LogP contribution < -0.4 is 10.6 Å². The summed E-state index contributed by atoms with van der Waals surface area (Å²) in [6.45, 7) is 0. The molecule has 0 radical (unpaired) electrons. The van der Waals surface area contributed by atoms with E-state index in [2.05, 4.69) is 20.8 Å². The van der Waals surface area contributed by atoms with Crippen LogP contribution in [-0.4, -0.2) is 47.2 Å². The number of nitrogens with one attached hydrogen (secondary N) is 2. The molecule has 2 aromatic carbocycles. The number of hydrogen-bond acceptors (Lipinski definition) is 6. The summed E-state index contributed by atoms with van der Waals surface area (Å²) >= 11 is 0. The first-order chi connectivity index (χ1) is 19.2. The molecule has 2 aliphatic carbocycles. The van der Waals surface area contributed by atoms with E-state index in [0.717, 1.165) is 16.7 Å². The highest BCUT2D eigenvalue weighted by Crippen LogP contribution is 2.41. The second-order valence-corrected chi connectivity index (χ2v) is 10.7. The molecule has 206 valence electrons. The maximum atomic E-state index is 14.1. The van der Waals surface area contributed by atoms with Crippen LogP contribution in [0.15, 0.2) is 74.7 Å². The van der Waals surface area contributed by atoms with Gasteiger partial charge in [-0.25, -0.2) is 8.78 Å². The highest BCUT2D eigenvalue weighted by molar-refractivity contribution is 6.01. The number of carbonyl (C=O) groups is 2. The fourth-order valence-electron chi connectivity index (χ4n) is 5.26. The largest absolute Gasteiger partial charge is 0.451 e. The lowest BCUT2D eigenvalue weighted by Crippen LogP contribution is -2.63. The zero-order valence-corrected chi connectivity index (χ0v) is 21.9. The van der Waals surface area contributed by atoms with Crippen molar-refractivity contribution in [3.63, 3.8) is 0 Å². The van der Waals surface area contributed by atoms with E-state index in [0.29, 0.717) is 29.6 Å². The van der Waals surface area contributed by atoms with Gasteiger partial charge in [-0.2, -0.15) is 0 Å². The summed E-state index contributed by atoms with van der Waals surface area (Å²) in [4.78, 5) is 30.8. The van der Waals surface area contributed by atoms with Gasteiger partial charge in [0.15, 0.2) is 11.5 Å².